The fraction of sp³-hybridized carbons (Fsp3) is 0.409. The lowest BCUT2D eigenvalue weighted by Gasteiger charge is -2.29. The number of carbonyl (C=O) groups is 1. The summed E-state index contributed by atoms with van der Waals surface area (Å²) in [6, 6.07) is 8.92. The van der Waals surface area contributed by atoms with E-state index in [1.807, 2.05) is 16.7 Å². The van der Waals surface area contributed by atoms with Gasteiger partial charge in [-0.15, -0.1) is 10.2 Å². The molecular weight excluding hydrogens is 448 g/mol. The van der Waals surface area contributed by atoms with Crippen molar-refractivity contribution < 1.29 is 17.6 Å². The molecule has 3 aromatic rings. The monoisotopic (exact) mass is 474 g/mol. The van der Waals surface area contributed by atoms with Gasteiger partial charge in [0.05, 0.1) is 24.0 Å². The van der Waals surface area contributed by atoms with E-state index in [-0.39, 0.29) is 11.5 Å². The molecule has 0 amide bonds. The number of thioether (sulfide) groups is 1. The molecular formula is C22H26N4O4S2. The van der Waals surface area contributed by atoms with Crippen LogP contribution in [0.15, 0.2) is 46.2 Å². The number of rotatable bonds is 8. The zero-order chi connectivity index (χ0) is 22.9. The van der Waals surface area contributed by atoms with Crippen molar-refractivity contribution in [3.05, 3.63) is 47.7 Å². The Bertz CT molecular complexity index is 1220. The Morgan fingerprint density at radius 3 is 2.75 bits per heavy atom. The van der Waals surface area contributed by atoms with Gasteiger partial charge in [0.15, 0.2) is 22.5 Å². The highest BCUT2D eigenvalue weighted by molar-refractivity contribution is 7.99. The van der Waals surface area contributed by atoms with Crippen molar-refractivity contribution in [3.63, 3.8) is 0 Å². The van der Waals surface area contributed by atoms with Gasteiger partial charge in [0.2, 0.25) is 10.0 Å². The summed E-state index contributed by atoms with van der Waals surface area (Å²) in [6.45, 7) is 5.40. The van der Waals surface area contributed by atoms with Crippen molar-refractivity contribution in [1.82, 2.24) is 14.8 Å². The maximum Gasteiger partial charge on any atom is 0.232 e. The SMILES string of the molecule is CC(C)Cn1c(SCC(=O)c2ccc3c(c2)CCCN3S(C)(=O)=O)nnc1-c1ccco1. The first kappa shape index (κ1) is 22.6. The fourth-order valence-corrected chi connectivity index (χ4v) is 5.65. The normalized spacial score (nSPS) is 14.1. The molecule has 0 unspecified atom stereocenters. The zero-order valence-corrected chi connectivity index (χ0v) is 19.9. The molecule has 170 valence electrons. The Balaban J connectivity index is 1.52. The molecule has 10 heteroatoms. The van der Waals surface area contributed by atoms with E-state index in [9.17, 15) is 13.2 Å². The summed E-state index contributed by atoms with van der Waals surface area (Å²) in [5.74, 6) is 1.83. The molecule has 1 aromatic carbocycles. The third-order valence-corrected chi connectivity index (χ3v) is 7.36. The number of Topliss-reactive ketones (excluding diaryl/α,β-unsaturated/α-hetero) is 1. The van der Waals surface area contributed by atoms with Crippen LogP contribution in [0.3, 0.4) is 0 Å². The predicted octanol–water partition coefficient (Wildman–Crippen LogP) is 3.88. The molecule has 0 bridgehead atoms. The van der Waals surface area contributed by atoms with E-state index in [0.29, 0.717) is 47.0 Å². The first-order valence-corrected chi connectivity index (χ1v) is 13.3. The molecule has 4 rings (SSSR count). The standard InChI is InChI=1S/C22H26N4O4S2/c1-15(2)13-25-21(20-7-5-11-30-20)23-24-22(25)31-14-19(27)17-8-9-18-16(12-17)6-4-10-26(18)32(3,28)29/h5,7-9,11-12,15H,4,6,10,13-14H2,1-3H3. The van der Waals surface area contributed by atoms with Crippen LogP contribution in [0.5, 0.6) is 0 Å². The third kappa shape index (κ3) is 4.75. The Hall–Kier alpha value is -2.59. The lowest BCUT2D eigenvalue weighted by atomic mass is 9.99. The van der Waals surface area contributed by atoms with Crippen LogP contribution in [0.25, 0.3) is 11.6 Å². The predicted molar refractivity (Wildman–Crippen MR) is 125 cm³/mol. The Labute approximate surface area is 192 Å². The van der Waals surface area contributed by atoms with Crippen LogP contribution in [-0.4, -0.2) is 47.5 Å². The van der Waals surface area contributed by atoms with Crippen molar-refractivity contribution in [2.24, 2.45) is 5.92 Å². The minimum absolute atomic E-state index is 0.0343. The molecule has 0 saturated carbocycles. The van der Waals surface area contributed by atoms with Crippen LogP contribution in [-0.2, 0) is 23.0 Å². The van der Waals surface area contributed by atoms with Crippen molar-refractivity contribution in [2.45, 2.75) is 38.4 Å². The van der Waals surface area contributed by atoms with Gasteiger partial charge in [-0.05, 0) is 54.7 Å². The van der Waals surface area contributed by atoms with Gasteiger partial charge in [-0.25, -0.2) is 8.42 Å². The van der Waals surface area contributed by atoms with E-state index in [1.54, 1.807) is 24.5 Å². The molecule has 1 aliphatic heterocycles. The fourth-order valence-electron chi connectivity index (χ4n) is 3.81. The maximum absolute atomic E-state index is 12.9. The van der Waals surface area contributed by atoms with Gasteiger partial charge in [0.1, 0.15) is 0 Å². The summed E-state index contributed by atoms with van der Waals surface area (Å²) in [6.07, 6.45) is 4.30. The Morgan fingerprint density at radius 2 is 2.06 bits per heavy atom. The van der Waals surface area contributed by atoms with E-state index >= 15 is 0 Å². The summed E-state index contributed by atoms with van der Waals surface area (Å²) in [7, 11) is -3.33. The van der Waals surface area contributed by atoms with Gasteiger partial charge < -0.3 is 4.42 Å². The number of aromatic nitrogens is 3. The van der Waals surface area contributed by atoms with E-state index in [2.05, 4.69) is 24.0 Å². The average molecular weight is 475 g/mol. The van der Waals surface area contributed by atoms with Gasteiger partial charge >= 0.3 is 0 Å². The minimum Gasteiger partial charge on any atom is -0.461 e. The summed E-state index contributed by atoms with van der Waals surface area (Å²) in [4.78, 5) is 12.9. The summed E-state index contributed by atoms with van der Waals surface area (Å²) in [5.41, 5.74) is 2.14. The number of aryl methyl sites for hydroxylation is 1. The molecule has 8 nitrogen and oxygen atoms in total. The molecule has 0 spiro atoms. The number of anilines is 1. The molecule has 0 aliphatic carbocycles. The van der Waals surface area contributed by atoms with Crippen LogP contribution < -0.4 is 4.31 Å². The van der Waals surface area contributed by atoms with E-state index in [1.165, 1.54) is 22.3 Å². The second kappa shape index (κ2) is 9.11. The molecule has 32 heavy (non-hydrogen) atoms. The van der Waals surface area contributed by atoms with Gasteiger partial charge in [-0.1, -0.05) is 25.6 Å². The summed E-state index contributed by atoms with van der Waals surface area (Å²) < 4.78 is 33.0. The molecule has 1 aliphatic rings. The van der Waals surface area contributed by atoms with Crippen LogP contribution in [0, 0.1) is 5.92 Å². The Kier molecular flexibility index (Phi) is 6.43. The molecule has 0 radical (unpaired) electrons. The maximum atomic E-state index is 12.9. The van der Waals surface area contributed by atoms with Crippen molar-refractivity contribution in [1.29, 1.82) is 0 Å². The molecule has 0 N–H and O–H groups in total. The van der Waals surface area contributed by atoms with E-state index in [4.69, 9.17) is 4.42 Å². The highest BCUT2D eigenvalue weighted by atomic mass is 32.2. The van der Waals surface area contributed by atoms with E-state index < -0.39 is 10.0 Å². The molecule has 2 aromatic heterocycles. The highest BCUT2D eigenvalue weighted by Crippen LogP contribution is 2.31. The lowest BCUT2D eigenvalue weighted by molar-refractivity contribution is 0.102. The average Bonchev–Trinajstić information content (AvgIpc) is 3.40. The summed E-state index contributed by atoms with van der Waals surface area (Å²) >= 11 is 1.34. The van der Waals surface area contributed by atoms with Crippen molar-refractivity contribution >= 4 is 33.3 Å². The second-order valence-electron chi connectivity index (χ2n) is 8.28. The first-order chi connectivity index (χ1) is 15.2. The lowest BCUT2D eigenvalue weighted by Crippen LogP contribution is -2.34. The number of furan rings is 1. The number of fused-ring (bicyclic) bond motifs is 1. The quantitative estimate of drug-likeness (QED) is 0.361. The van der Waals surface area contributed by atoms with Gasteiger partial charge in [0.25, 0.3) is 0 Å². The third-order valence-electron chi connectivity index (χ3n) is 5.22. The molecule has 0 saturated heterocycles. The van der Waals surface area contributed by atoms with Gasteiger partial charge in [0, 0.05) is 18.7 Å². The highest BCUT2D eigenvalue weighted by Gasteiger charge is 2.25. The van der Waals surface area contributed by atoms with Crippen LogP contribution >= 0.6 is 11.8 Å². The number of hydrogen-bond acceptors (Lipinski definition) is 7. The number of nitrogens with zero attached hydrogens (tertiary/aromatic N) is 4. The van der Waals surface area contributed by atoms with Crippen molar-refractivity contribution in [2.75, 3.05) is 22.9 Å². The molecule has 0 fully saturated rings. The topological polar surface area (TPSA) is 98.3 Å². The number of carbonyl (C=O) groups excluding carboxylic acids is 1. The number of ketones is 1. The van der Waals surface area contributed by atoms with Gasteiger partial charge in [-0.3, -0.25) is 13.7 Å². The van der Waals surface area contributed by atoms with Crippen LogP contribution in [0.4, 0.5) is 5.69 Å². The largest absolute Gasteiger partial charge is 0.461 e. The second-order valence-corrected chi connectivity index (χ2v) is 11.1. The minimum atomic E-state index is -3.33. The molecule has 3 heterocycles. The number of sulfonamides is 1. The van der Waals surface area contributed by atoms with Crippen LogP contribution in [0.2, 0.25) is 0 Å². The van der Waals surface area contributed by atoms with Crippen molar-refractivity contribution in [3.8, 4) is 11.6 Å². The zero-order valence-electron chi connectivity index (χ0n) is 18.3. The summed E-state index contributed by atoms with van der Waals surface area (Å²) in [5, 5.41) is 9.23. The molecule has 0 atom stereocenters. The number of benzene rings is 1. The van der Waals surface area contributed by atoms with E-state index in [0.717, 1.165) is 18.4 Å². The Morgan fingerprint density at radius 1 is 1.25 bits per heavy atom. The smallest absolute Gasteiger partial charge is 0.232 e. The first-order valence-electron chi connectivity index (χ1n) is 10.5. The van der Waals surface area contributed by atoms with Gasteiger partial charge in [-0.2, -0.15) is 0 Å². The van der Waals surface area contributed by atoms with Crippen LogP contribution in [0.1, 0.15) is 36.2 Å². The number of hydrogen-bond donors (Lipinski definition) is 0.